The van der Waals surface area contributed by atoms with Gasteiger partial charge in [-0.15, -0.1) is 0 Å². The second kappa shape index (κ2) is 3.09. The molecule has 0 saturated carbocycles. The van der Waals surface area contributed by atoms with Gasteiger partial charge in [0.1, 0.15) is 5.75 Å². The molecule has 0 aromatic heterocycles. The molecule has 1 N–H and O–H groups in total. The van der Waals surface area contributed by atoms with Crippen molar-refractivity contribution in [2.75, 3.05) is 11.9 Å². The van der Waals surface area contributed by atoms with Crippen LogP contribution in [0.15, 0.2) is 18.2 Å². The van der Waals surface area contributed by atoms with Crippen LogP contribution in [0.2, 0.25) is 0 Å². The summed E-state index contributed by atoms with van der Waals surface area (Å²) in [5.74, 6) is 0.644. The molecule has 1 aromatic rings. The highest BCUT2D eigenvalue weighted by molar-refractivity contribution is 5.95. The summed E-state index contributed by atoms with van der Waals surface area (Å²) in [5.41, 5.74) is 1.83. The Balaban J connectivity index is 2.38. The van der Waals surface area contributed by atoms with Crippen LogP contribution in [0.25, 0.3) is 0 Å². The molecule has 1 aromatic carbocycles. The average molecular weight is 176 g/mol. The number of hydrogen-bond acceptors (Lipinski definition) is 2. The SMILES string of the molecule is C[CH]c1ccc2c(c1)NC(=O)CO2. The topological polar surface area (TPSA) is 38.3 Å². The zero-order valence-electron chi connectivity index (χ0n) is 7.33. The first kappa shape index (κ1) is 8.10. The highest BCUT2D eigenvalue weighted by Gasteiger charge is 2.15. The lowest BCUT2D eigenvalue weighted by Gasteiger charge is -2.18. The molecule has 1 amide bonds. The van der Waals surface area contributed by atoms with Crippen LogP contribution < -0.4 is 10.1 Å². The first-order chi connectivity index (χ1) is 6.29. The summed E-state index contributed by atoms with van der Waals surface area (Å²) in [5, 5.41) is 2.75. The summed E-state index contributed by atoms with van der Waals surface area (Å²) in [7, 11) is 0. The third-order valence-electron chi connectivity index (χ3n) is 1.97. The number of amides is 1. The molecule has 0 atom stereocenters. The highest BCUT2D eigenvalue weighted by atomic mass is 16.5. The normalized spacial score (nSPS) is 14.4. The first-order valence-electron chi connectivity index (χ1n) is 4.15. The van der Waals surface area contributed by atoms with Crippen molar-refractivity contribution in [3.63, 3.8) is 0 Å². The lowest BCUT2D eigenvalue weighted by Crippen LogP contribution is -2.25. The van der Waals surface area contributed by atoms with E-state index in [-0.39, 0.29) is 12.5 Å². The molecule has 0 saturated heterocycles. The number of hydrogen-bond donors (Lipinski definition) is 1. The summed E-state index contributed by atoms with van der Waals surface area (Å²) in [6.07, 6.45) is 1.97. The van der Waals surface area contributed by atoms with Gasteiger partial charge in [-0.3, -0.25) is 4.79 Å². The largest absolute Gasteiger partial charge is 0.482 e. The maximum Gasteiger partial charge on any atom is 0.262 e. The molecule has 1 aliphatic rings. The fourth-order valence-electron chi connectivity index (χ4n) is 1.28. The van der Waals surface area contributed by atoms with Crippen molar-refractivity contribution in [1.82, 2.24) is 0 Å². The molecule has 3 heteroatoms. The van der Waals surface area contributed by atoms with E-state index in [2.05, 4.69) is 5.32 Å². The van der Waals surface area contributed by atoms with Gasteiger partial charge >= 0.3 is 0 Å². The minimum Gasteiger partial charge on any atom is -0.482 e. The predicted molar refractivity (Wildman–Crippen MR) is 49.6 cm³/mol. The zero-order chi connectivity index (χ0) is 9.26. The van der Waals surface area contributed by atoms with Crippen molar-refractivity contribution in [2.24, 2.45) is 0 Å². The number of anilines is 1. The van der Waals surface area contributed by atoms with Crippen molar-refractivity contribution in [2.45, 2.75) is 6.92 Å². The maximum absolute atomic E-state index is 11.0. The molecule has 1 aliphatic heterocycles. The Hall–Kier alpha value is -1.51. The van der Waals surface area contributed by atoms with Crippen LogP contribution in [0.4, 0.5) is 5.69 Å². The van der Waals surface area contributed by atoms with Crippen molar-refractivity contribution in [3.8, 4) is 5.75 Å². The van der Waals surface area contributed by atoms with Gasteiger partial charge in [0.25, 0.3) is 5.91 Å². The molecule has 0 fully saturated rings. The smallest absolute Gasteiger partial charge is 0.262 e. The van der Waals surface area contributed by atoms with E-state index in [0.717, 1.165) is 17.0 Å². The Kier molecular flexibility index (Phi) is 1.93. The van der Waals surface area contributed by atoms with Crippen molar-refractivity contribution in [1.29, 1.82) is 0 Å². The third kappa shape index (κ3) is 1.49. The van der Waals surface area contributed by atoms with Gasteiger partial charge < -0.3 is 10.1 Å². The second-order valence-electron chi connectivity index (χ2n) is 2.88. The Morgan fingerprint density at radius 2 is 2.38 bits per heavy atom. The number of benzene rings is 1. The molecular formula is C10H10NO2. The van der Waals surface area contributed by atoms with E-state index in [1.165, 1.54) is 0 Å². The monoisotopic (exact) mass is 176 g/mol. The average Bonchev–Trinajstić information content (AvgIpc) is 2.16. The number of ether oxygens (including phenoxy) is 1. The molecule has 0 unspecified atom stereocenters. The van der Waals surface area contributed by atoms with Gasteiger partial charge in [-0.2, -0.15) is 0 Å². The van der Waals surface area contributed by atoms with Crippen LogP contribution >= 0.6 is 0 Å². The van der Waals surface area contributed by atoms with E-state index >= 15 is 0 Å². The highest BCUT2D eigenvalue weighted by Crippen LogP contribution is 2.28. The Morgan fingerprint density at radius 3 is 3.15 bits per heavy atom. The fraction of sp³-hybridized carbons (Fsp3) is 0.200. The van der Waals surface area contributed by atoms with Gasteiger partial charge in [0, 0.05) is 0 Å². The lowest BCUT2D eigenvalue weighted by atomic mass is 10.1. The first-order valence-corrected chi connectivity index (χ1v) is 4.15. The van der Waals surface area contributed by atoms with E-state index in [4.69, 9.17) is 4.74 Å². The van der Waals surface area contributed by atoms with Crippen molar-refractivity contribution >= 4 is 11.6 Å². The third-order valence-corrected chi connectivity index (χ3v) is 1.97. The Bertz CT molecular complexity index is 347. The van der Waals surface area contributed by atoms with E-state index in [9.17, 15) is 4.79 Å². The second-order valence-corrected chi connectivity index (χ2v) is 2.88. The number of fused-ring (bicyclic) bond motifs is 1. The van der Waals surface area contributed by atoms with Gasteiger partial charge in [0.2, 0.25) is 0 Å². The number of carbonyl (C=O) groups excluding carboxylic acids is 1. The minimum absolute atomic E-state index is 0.0965. The number of nitrogens with one attached hydrogen (secondary N) is 1. The molecule has 0 aliphatic carbocycles. The molecule has 0 spiro atoms. The van der Waals surface area contributed by atoms with Crippen LogP contribution in [0.3, 0.4) is 0 Å². The van der Waals surface area contributed by atoms with Crippen LogP contribution in [0.1, 0.15) is 12.5 Å². The predicted octanol–water partition coefficient (Wildman–Crippen LogP) is 1.59. The number of rotatable bonds is 1. The van der Waals surface area contributed by atoms with Gasteiger partial charge in [-0.05, 0) is 24.1 Å². The molecule has 3 nitrogen and oxygen atoms in total. The fourth-order valence-corrected chi connectivity index (χ4v) is 1.28. The molecule has 2 rings (SSSR count). The molecule has 67 valence electrons. The van der Waals surface area contributed by atoms with Crippen LogP contribution in [-0.4, -0.2) is 12.5 Å². The standard InChI is InChI=1S/C10H10NO2/c1-2-7-3-4-9-8(5-7)11-10(12)6-13-9/h2-5H,6H2,1H3,(H,11,12). The summed E-state index contributed by atoms with van der Waals surface area (Å²) >= 11 is 0. The zero-order valence-corrected chi connectivity index (χ0v) is 7.33. The minimum atomic E-state index is -0.0965. The molecule has 1 radical (unpaired) electrons. The summed E-state index contributed by atoms with van der Waals surface area (Å²) in [6, 6.07) is 5.72. The van der Waals surface area contributed by atoms with Crippen LogP contribution in [-0.2, 0) is 4.79 Å². The Morgan fingerprint density at radius 1 is 1.54 bits per heavy atom. The van der Waals surface area contributed by atoms with E-state index < -0.39 is 0 Å². The summed E-state index contributed by atoms with van der Waals surface area (Å²) in [6.45, 7) is 2.06. The summed E-state index contributed by atoms with van der Waals surface area (Å²) < 4.78 is 5.21. The van der Waals surface area contributed by atoms with Gasteiger partial charge in [0.15, 0.2) is 6.61 Å². The Labute approximate surface area is 76.7 Å². The maximum atomic E-state index is 11.0. The van der Waals surface area contributed by atoms with Gasteiger partial charge in [-0.25, -0.2) is 0 Å². The van der Waals surface area contributed by atoms with Gasteiger partial charge in [0.05, 0.1) is 5.69 Å². The van der Waals surface area contributed by atoms with Crippen molar-refractivity contribution in [3.05, 3.63) is 30.2 Å². The van der Waals surface area contributed by atoms with E-state index in [0.29, 0.717) is 0 Å². The quantitative estimate of drug-likeness (QED) is 0.705. The van der Waals surface area contributed by atoms with Gasteiger partial charge in [-0.1, -0.05) is 13.0 Å². The van der Waals surface area contributed by atoms with Crippen LogP contribution in [0, 0.1) is 6.42 Å². The molecule has 13 heavy (non-hydrogen) atoms. The lowest BCUT2D eigenvalue weighted by molar-refractivity contribution is -0.118. The van der Waals surface area contributed by atoms with E-state index in [1.807, 2.05) is 31.5 Å². The molecule has 0 bridgehead atoms. The van der Waals surface area contributed by atoms with Crippen LogP contribution in [0.5, 0.6) is 5.75 Å². The summed E-state index contributed by atoms with van der Waals surface area (Å²) in [4.78, 5) is 11.0. The molecule has 1 heterocycles. The van der Waals surface area contributed by atoms with Crippen molar-refractivity contribution < 1.29 is 9.53 Å². The van der Waals surface area contributed by atoms with E-state index in [1.54, 1.807) is 0 Å². The number of carbonyl (C=O) groups is 1. The molecular weight excluding hydrogens is 166 g/mol.